The van der Waals surface area contributed by atoms with Gasteiger partial charge in [0.1, 0.15) is 5.76 Å². The average molecular weight is 255 g/mol. The largest absolute Gasteiger partial charge is 0.441 e. The maximum absolute atomic E-state index is 12.4. The number of aryl methyl sites for hydroxylation is 2. The smallest absolute Gasteiger partial charge is 0.416 e. The van der Waals surface area contributed by atoms with Crippen molar-refractivity contribution in [2.45, 2.75) is 26.4 Å². The van der Waals surface area contributed by atoms with E-state index in [0.717, 1.165) is 23.6 Å². The Hall–Kier alpha value is -1.78. The fourth-order valence-electron chi connectivity index (χ4n) is 1.68. The second-order valence-corrected chi connectivity index (χ2v) is 3.96. The molecule has 18 heavy (non-hydrogen) atoms. The van der Waals surface area contributed by atoms with Gasteiger partial charge in [-0.05, 0) is 31.2 Å². The number of oxazole rings is 1. The quantitative estimate of drug-likeness (QED) is 0.802. The van der Waals surface area contributed by atoms with Crippen LogP contribution in [-0.2, 0) is 12.6 Å². The van der Waals surface area contributed by atoms with Crippen LogP contribution < -0.4 is 0 Å². The Balaban J connectivity index is 2.34. The lowest BCUT2D eigenvalue weighted by atomic mass is 10.1. The molecular formula is C13H12F3NO. The van der Waals surface area contributed by atoms with Crippen LogP contribution in [0, 0.1) is 6.92 Å². The summed E-state index contributed by atoms with van der Waals surface area (Å²) in [6, 6.07) is 4.79. The lowest BCUT2D eigenvalue weighted by Crippen LogP contribution is -2.03. The van der Waals surface area contributed by atoms with E-state index in [4.69, 9.17) is 4.42 Å². The fourth-order valence-corrected chi connectivity index (χ4v) is 1.68. The van der Waals surface area contributed by atoms with Crippen LogP contribution in [0.5, 0.6) is 0 Å². The van der Waals surface area contributed by atoms with Gasteiger partial charge in [-0.1, -0.05) is 6.92 Å². The third kappa shape index (κ3) is 2.39. The zero-order chi connectivity index (χ0) is 13.3. The molecule has 0 saturated carbocycles. The van der Waals surface area contributed by atoms with Crippen molar-refractivity contribution in [3.63, 3.8) is 0 Å². The van der Waals surface area contributed by atoms with E-state index < -0.39 is 11.7 Å². The molecule has 1 heterocycles. The third-order valence-electron chi connectivity index (χ3n) is 2.67. The number of halogens is 3. The van der Waals surface area contributed by atoms with E-state index in [2.05, 4.69) is 4.98 Å². The van der Waals surface area contributed by atoms with Crippen LogP contribution in [0.1, 0.15) is 23.9 Å². The SMILES string of the molecule is CCc1oc(-c2ccc(C(F)(F)F)cc2)nc1C. The highest BCUT2D eigenvalue weighted by atomic mass is 19.4. The molecule has 0 bridgehead atoms. The normalized spacial score (nSPS) is 11.8. The van der Waals surface area contributed by atoms with Gasteiger partial charge in [-0.25, -0.2) is 4.98 Å². The van der Waals surface area contributed by atoms with Crippen LogP contribution >= 0.6 is 0 Å². The first-order chi connectivity index (χ1) is 8.41. The van der Waals surface area contributed by atoms with Gasteiger partial charge in [-0.3, -0.25) is 0 Å². The van der Waals surface area contributed by atoms with Crippen LogP contribution in [0.4, 0.5) is 13.2 Å². The molecule has 2 aromatic rings. The van der Waals surface area contributed by atoms with E-state index in [-0.39, 0.29) is 0 Å². The van der Waals surface area contributed by atoms with E-state index in [1.807, 2.05) is 13.8 Å². The summed E-state index contributed by atoms with van der Waals surface area (Å²) in [7, 11) is 0. The molecule has 2 nitrogen and oxygen atoms in total. The van der Waals surface area contributed by atoms with Gasteiger partial charge in [0.25, 0.3) is 0 Å². The Bertz CT molecular complexity index is 540. The summed E-state index contributed by atoms with van der Waals surface area (Å²) in [4.78, 5) is 4.20. The van der Waals surface area contributed by atoms with Crippen molar-refractivity contribution in [3.05, 3.63) is 41.3 Å². The lowest BCUT2D eigenvalue weighted by molar-refractivity contribution is -0.137. The second-order valence-electron chi connectivity index (χ2n) is 3.96. The fraction of sp³-hybridized carbons (Fsp3) is 0.308. The minimum atomic E-state index is -4.32. The number of hydrogen-bond donors (Lipinski definition) is 0. The molecular weight excluding hydrogens is 243 g/mol. The van der Waals surface area contributed by atoms with Crippen molar-refractivity contribution in [2.75, 3.05) is 0 Å². The summed E-state index contributed by atoms with van der Waals surface area (Å²) in [6.07, 6.45) is -3.61. The summed E-state index contributed by atoms with van der Waals surface area (Å²) in [6.45, 7) is 3.75. The van der Waals surface area contributed by atoms with Gasteiger partial charge < -0.3 is 4.42 Å². The highest BCUT2D eigenvalue weighted by molar-refractivity contribution is 5.54. The molecule has 0 unspecified atom stereocenters. The van der Waals surface area contributed by atoms with Gasteiger partial charge in [0, 0.05) is 12.0 Å². The molecule has 0 amide bonds. The predicted octanol–water partition coefficient (Wildman–Crippen LogP) is 4.23. The standard InChI is InChI=1S/C13H12F3NO/c1-3-11-8(2)17-12(18-11)9-4-6-10(7-5-9)13(14,15)16/h4-7H,3H2,1-2H3. The Kier molecular flexibility index (Phi) is 3.15. The highest BCUT2D eigenvalue weighted by Crippen LogP contribution is 2.31. The number of benzene rings is 1. The van der Waals surface area contributed by atoms with E-state index in [1.54, 1.807) is 0 Å². The van der Waals surface area contributed by atoms with Crippen LogP contribution in [0.2, 0.25) is 0 Å². The maximum Gasteiger partial charge on any atom is 0.416 e. The summed E-state index contributed by atoms with van der Waals surface area (Å²) in [5, 5.41) is 0. The van der Waals surface area contributed by atoms with Crippen LogP contribution in [0.25, 0.3) is 11.5 Å². The number of rotatable bonds is 2. The van der Waals surface area contributed by atoms with Gasteiger partial charge in [0.05, 0.1) is 11.3 Å². The van der Waals surface area contributed by atoms with Gasteiger partial charge in [-0.15, -0.1) is 0 Å². The molecule has 2 rings (SSSR count). The Morgan fingerprint density at radius 2 is 1.78 bits per heavy atom. The van der Waals surface area contributed by atoms with E-state index >= 15 is 0 Å². The Morgan fingerprint density at radius 3 is 2.22 bits per heavy atom. The molecule has 0 spiro atoms. The van der Waals surface area contributed by atoms with Crippen LogP contribution in [0.15, 0.2) is 28.7 Å². The van der Waals surface area contributed by atoms with Crippen molar-refractivity contribution in [1.82, 2.24) is 4.98 Å². The van der Waals surface area contributed by atoms with Gasteiger partial charge in [0.2, 0.25) is 5.89 Å². The number of hydrogen-bond acceptors (Lipinski definition) is 2. The molecule has 0 aliphatic heterocycles. The topological polar surface area (TPSA) is 26.0 Å². The first-order valence-corrected chi connectivity index (χ1v) is 5.55. The minimum absolute atomic E-state index is 0.359. The monoisotopic (exact) mass is 255 g/mol. The Morgan fingerprint density at radius 1 is 1.17 bits per heavy atom. The molecule has 96 valence electrons. The molecule has 0 radical (unpaired) electrons. The van der Waals surface area contributed by atoms with Crippen LogP contribution in [0.3, 0.4) is 0 Å². The van der Waals surface area contributed by atoms with Gasteiger partial charge >= 0.3 is 6.18 Å². The molecule has 1 aromatic carbocycles. The molecule has 0 aliphatic carbocycles. The molecule has 0 atom stereocenters. The lowest BCUT2D eigenvalue weighted by Gasteiger charge is -2.06. The number of nitrogens with zero attached hydrogens (tertiary/aromatic N) is 1. The average Bonchev–Trinajstić information content (AvgIpc) is 2.69. The Labute approximate surface area is 102 Å². The van der Waals surface area contributed by atoms with Crippen LogP contribution in [-0.4, -0.2) is 4.98 Å². The third-order valence-corrected chi connectivity index (χ3v) is 2.67. The zero-order valence-electron chi connectivity index (χ0n) is 10.0. The second kappa shape index (κ2) is 4.48. The first-order valence-electron chi connectivity index (χ1n) is 5.55. The highest BCUT2D eigenvalue weighted by Gasteiger charge is 2.30. The van der Waals surface area contributed by atoms with E-state index in [1.165, 1.54) is 12.1 Å². The summed E-state index contributed by atoms with van der Waals surface area (Å²) >= 11 is 0. The number of alkyl halides is 3. The zero-order valence-corrected chi connectivity index (χ0v) is 10.0. The van der Waals surface area contributed by atoms with Crippen molar-refractivity contribution in [2.24, 2.45) is 0 Å². The summed E-state index contributed by atoms with van der Waals surface area (Å²) in [5.41, 5.74) is 0.642. The predicted molar refractivity (Wildman–Crippen MR) is 61.1 cm³/mol. The van der Waals surface area contributed by atoms with Crippen molar-refractivity contribution in [3.8, 4) is 11.5 Å². The molecule has 0 saturated heterocycles. The first kappa shape index (κ1) is 12.7. The molecule has 5 heteroatoms. The molecule has 0 aliphatic rings. The summed E-state index contributed by atoms with van der Waals surface area (Å²) < 4.78 is 42.7. The molecule has 0 N–H and O–H groups in total. The molecule has 1 aromatic heterocycles. The molecule has 0 fully saturated rings. The van der Waals surface area contributed by atoms with E-state index in [9.17, 15) is 13.2 Å². The van der Waals surface area contributed by atoms with Crippen molar-refractivity contribution < 1.29 is 17.6 Å². The van der Waals surface area contributed by atoms with Gasteiger partial charge in [-0.2, -0.15) is 13.2 Å². The van der Waals surface area contributed by atoms with Gasteiger partial charge in [0.15, 0.2) is 0 Å². The maximum atomic E-state index is 12.4. The number of aromatic nitrogens is 1. The van der Waals surface area contributed by atoms with Crippen molar-refractivity contribution in [1.29, 1.82) is 0 Å². The minimum Gasteiger partial charge on any atom is -0.441 e. The summed E-state index contributed by atoms with van der Waals surface area (Å²) in [5.74, 6) is 1.11. The van der Waals surface area contributed by atoms with E-state index in [0.29, 0.717) is 17.9 Å². The van der Waals surface area contributed by atoms with Crippen molar-refractivity contribution >= 4 is 0 Å².